The summed E-state index contributed by atoms with van der Waals surface area (Å²) in [6, 6.07) is 23.8. The van der Waals surface area contributed by atoms with E-state index in [1.165, 1.54) is 5.56 Å². The maximum Gasteiger partial charge on any atom is 0.331 e. The second-order valence-electron chi connectivity index (χ2n) is 5.85. The number of hydrogen-bond acceptors (Lipinski definition) is 2. The molecule has 0 atom stereocenters. The van der Waals surface area contributed by atoms with E-state index in [1.807, 2.05) is 72.8 Å². The van der Waals surface area contributed by atoms with Gasteiger partial charge in [-0.2, -0.15) is 0 Å². The molecule has 3 nitrogen and oxygen atoms in total. The number of aryl methyl sites for hydroxylation is 1. The lowest BCUT2D eigenvalue weighted by molar-refractivity contribution is 0.259. The van der Waals surface area contributed by atoms with E-state index in [-0.39, 0.29) is 6.03 Å². The molecule has 0 fully saturated rings. The van der Waals surface area contributed by atoms with Crippen LogP contribution in [0.25, 0.3) is 0 Å². The van der Waals surface area contributed by atoms with Gasteiger partial charge in [0.15, 0.2) is 0 Å². The summed E-state index contributed by atoms with van der Waals surface area (Å²) < 4.78 is 0. The second-order valence-corrected chi connectivity index (χ2v) is 6.94. The smallest absolute Gasteiger partial charge is 0.307 e. The summed E-state index contributed by atoms with van der Waals surface area (Å²) in [7, 11) is 0. The van der Waals surface area contributed by atoms with Crippen LogP contribution in [0, 0.1) is 0 Å². The first-order valence-corrected chi connectivity index (χ1v) is 9.14. The molecule has 1 N–H and O–H groups in total. The Bertz CT molecular complexity index is 876. The highest BCUT2D eigenvalue weighted by molar-refractivity contribution is 7.99. The van der Waals surface area contributed by atoms with Crippen LogP contribution < -0.4 is 10.2 Å². The molecular weight excluding hydrogens is 328 g/mol. The summed E-state index contributed by atoms with van der Waals surface area (Å²) >= 11 is 1.69. The average Bonchev–Trinajstić information content (AvgIpc) is 2.66. The highest BCUT2D eigenvalue weighted by Gasteiger charge is 2.27. The summed E-state index contributed by atoms with van der Waals surface area (Å²) in [5, 5.41) is 3.02. The molecule has 0 radical (unpaired) electrons. The van der Waals surface area contributed by atoms with Crippen molar-refractivity contribution in [2.75, 3.05) is 10.2 Å². The van der Waals surface area contributed by atoms with Gasteiger partial charge in [0, 0.05) is 15.5 Å². The zero-order chi connectivity index (χ0) is 17.2. The number of carbonyl (C=O) groups is 1. The number of nitrogens with one attached hydrogen (secondary N) is 1. The van der Waals surface area contributed by atoms with E-state index in [9.17, 15) is 4.79 Å². The lowest BCUT2D eigenvalue weighted by Crippen LogP contribution is -2.32. The van der Waals surface area contributed by atoms with E-state index >= 15 is 0 Å². The molecule has 3 aromatic rings. The topological polar surface area (TPSA) is 32.3 Å². The molecule has 4 heteroatoms. The number of carbonyl (C=O) groups excluding carboxylic acids is 1. The molecule has 3 aromatic carbocycles. The Hall–Kier alpha value is -2.72. The molecule has 0 unspecified atom stereocenters. The molecule has 0 aromatic heterocycles. The highest BCUT2D eigenvalue weighted by Crippen LogP contribution is 2.47. The van der Waals surface area contributed by atoms with E-state index in [0.29, 0.717) is 0 Å². The molecule has 0 saturated carbocycles. The van der Waals surface area contributed by atoms with Gasteiger partial charge in [0.2, 0.25) is 0 Å². The van der Waals surface area contributed by atoms with Crippen molar-refractivity contribution < 1.29 is 4.79 Å². The third-order valence-corrected chi connectivity index (χ3v) is 5.38. The monoisotopic (exact) mass is 346 g/mol. The molecule has 0 saturated heterocycles. The second kappa shape index (κ2) is 6.65. The fourth-order valence-corrected chi connectivity index (χ4v) is 3.98. The zero-order valence-electron chi connectivity index (χ0n) is 13.9. The number of fused-ring (bicyclic) bond motifs is 2. The van der Waals surface area contributed by atoms with E-state index in [4.69, 9.17) is 0 Å². The molecule has 0 aliphatic carbocycles. The Labute approximate surface area is 151 Å². The first kappa shape index (κ1) is 15.8. The van der Waals surface area contributed by atoms with Crippen LogP contribution in [-0.2, 0) is 6.42 Å². The van der Waals surface area contributed by atoms with Gasteiger partial charge in [0.05, 0.1) is 11.4 Å². The van der Waals surface area contributed by atoms with E-state index in [2.05, 4.69) is 12.2 Å². The van der Waals surface area contributed by atoms with Crippen LogP contribution in [-0.4, -0.2) is 6.03 Å². The molecule has 4 rings (SSSR count). The maximum absolute atomic E-state index is 13.1. The summed E-state index contributed by atoms with van der Waals surface area (Å²) in [4.78, 5) is 17.0. The van der Waals surface area contributed by atoms with Crippen molar-refractivity contribution in [3.63, 3.8) is 0 Å². The standard InChI is InChI=1S/C21H18N2OS/c1-2-15-11-13-16(14-12-15)22-21(24)23-17-7-3-5-9-19(17)25-20-10-6-4-8-18(20)23/h3-14H,2H2,1H3,(H,22,24). The highest BCUT2D eigenvalue weighted by atomic mass is 32.2. The Morgan fingerprint density at radius 1 is 0.880 bits per heavy atom. The van der Waals surface area contributed by atoms with Gasteiger partial charge in [-0.1, -0.05) is 55.1 Å². The Kier molecular flexibility index (Phi) is 4.20. The van der Waals surface area contributed by atoms with Crippen LogP contribution in [0.2, 0.25) is 0 Å². The van der Waals surface area contributed by atoms with Gasteiger partial charge in [0.1, 0.15) is 0 Å². The van der Waals surface area contributed by atoms with Gasteiger partial charge in [-0.25, -0.2) is 4.79 Å². The first-order chi connectivity index (χ1) is 12.3. The van der Waals surface area contributed by atoms with Crippen molar-refractivity contribution in [1.29, 1.82) is 0 Å². The van der Waals surface area contributed by atoms with Crippen molar-refractivity contribution in [3.05, 3.63) is 78.4 Å². The molecule has 1 aliphatic heterocycles. The zero-order valence-corrected chi connectivity index (χ0v) is 14.7. The van der Waals surface area contributed by atoms with Gasteiger partial charge in [0.25, 0.3) is 0 Å². The molecule has 1 aliphatic rings. The molecule has 124 valence electrons. The minimum absolute atomic E-state index is 0.149. The number of rotatable bonds is 2. The van der Waals surface area contributed by atoms with Crippen LogP contribution in [0.3, 0.4) is 0 Å². The Morgan fingerprint density at radius 2 is 1.44 bits per heavy atom. The Morgan fingerprint density at radius 3 is 2.00 bits per heavy atom. The number of anilines is 3. The third-order valence-electron chi connectivity index (χ3n) is 4.25. The lowest BCUT2D eigenvalue weighted by Gasteiger charge is -2.31. The number of urea groups is 1. The molecule has 25 heavy (non-hydrogen) atoms. The Balaban J connectivity index is 1.70. The van der Waals surface area contributed by atoms with Crippen molar-refractivity contribution >= 4 is 34.9 Å². The van der Waals surface area contributed by atoms with Crippen molar-refractivity contribution in [2.24, 2.45) is 0 Å². The van der Waals surface area contributed by atoms with Gasteiger partial charge in [-0.05, 0) is 48.4 Å². The molecule has 1 heterocycles. The first-order valence-electron chi connectivity index (χ1n) is 8.32. The van der Waals surface area contributed by atoms with Crippen molar-refractivity contribution in [3.8, 4) is 0 Å². The van der Waals surface area contributed by atoms with E-state index < -0.39 is 0 Å². The minimum Gasteiger partial charge on any atom is -0.307 e. The van der Waals surface area contributed by atoms with Crippen LogP contribution in [0.5, 0.6) is 0 Å². The number of amides is 2. The van der Waals surface area contributed by atoms with Crippen molar-refractivity contribution in [1.82, 2.24) is 0 Å². The summed E-state index contributed by atoms with van der Waals surface area (Å²) in [5.41, 5.74) is 3.88. The van der Waals surface area contributed by atoms with Gasteiger partial charge in [-0.3, -0.25) is 4.90 Å². The van der Waals surface area contributed by atoms with Gasteiger partial charge >= 0.3 is 6.03 Å². The lowest BCUT2D eigenvalue weighted by atomic mass is 10.1. The largest absolute Gasteiger partial charge is 0.331 e. The van der Waals surface area contributed by atoms with Crippen LogP contribution in [0.15, 0.2) is 82.6 Å². The van der Waals surface area contributed by atoms with Crippen LogP contribution >= 0.6 is 11.8 Å². The quantitative estimate of drug-likeness (QED) is 0.609. The van der Waals surface area contributed by atoms with E-state index in [1.54, 1.807) is 16.7 Å². The predicted octanol–water partition coefficient (Wildman–Crippen LogP) is 6.08. The number of benzene rings is 3. The molecule has 0 bridgehead atoms. The summed E-state index contributed by atoms with van der Waals surface area (Å²) in [6.45, 7) is 2.12. The fraction of sp³-hybridized carbons (Fsp3) is 0.0952. The maximum atomic E-state index is 13.1. The molecule has 0 spiro atoms. The van der Waals surface area contributed by atoms with Crippen LogP contribution in [0.4, 0.5) is 21.9 Å². The molecular formula is C21H18N2OS. The third kappa shape index (κ3) is 3.01. The molecule has 2 amide bonds. The minimum atomic E-state index is -0.149. The number of hydrogen-bond donors (Lipinski definition) is 1. The normalized spacial score (nSPS) is 12.3. The fourth-order valence-electron chi connectivity index (χ4n) is 2.93. The average molecular weight is 346 g/mol. The van der Waals surface area contributed by atoms with Gasteiger partial charge in [-0.15, -0.1) is 0 Å². The van der Waals surface area contributed by atoms with E-state index in [0.717, 1.165) is 33.3 Å². The van der Waals surface area contributed by atoms with Crippen molar-refractivity contribution in [2.45, 2.75) is 23.1 Å². The number of nitrogens with zero attached hydrogens (tertiary/aromatic N) is 1. The summed E-state index contributed by atoms with van der Waals surface area (Å²) in [6.07, 6.45) is 0.984. The van der Waals surface area contributed by atoms with Crippen LogP contribution in [0.1, 0.15) is 12.5 Å². The summed E-state index contributed by atoms with van der Waals surface area (Å²) in [5.74, 6) is 0. The predicted molar refractivity (Wildman–Crippen MR) is 104 cm³/mol. The SMILES string of the molecule is CCc1ccc(NC(=O)N2c3ccccc3Sc3ccccc32)cc1. The number of para-hydroxylation sites is 2. The van der Waals surface area contributed by atoms with Gasteiger partial charge < -0.3 is 5.32 Å².